The SMILES string of the molecule is CC1=C(O)[C@@]2(O)C(=O)C3=C(O)c4c(O)ccc(N(C)C)c4C[C@@]3(CNC(=O)c3ccccc3)C[C@H]2CC1=O. The molecule has 0 unspecified atom stereocenters. The molecule has 9 heteroatoms. The first-order valence-electron chi connectivity index (χ1n) is 12.4. The van der Waals surface area contributed by atoms with Gasteiger partial charge in [-0.25, -0.2) is 0 Å². The summed E-state index contributed by atoms with van der Waals surface area (Å²) in [6.45, 7) is 1.26. The number of carbonyl (C=O) groups is 3. The molecule has 2 aromatic rings. The number of amides is 1. The maximum atomic E-state index is 14.1. The third-order valence-electron chi connectivity index (χ3n) is 8.26. The number of phenols is 1. The van der Waals surface area contributed by atoms with E-state index in [0.717, 1.165) is 0 Å². The largest absolute Gasteiger partial charge is 0.508 e. The molecule has 0 aliphatic heterocycles. The molecule has 5 N–H and O–H groups in total. The Hall–Kier alpha value is -4.11. The number of anilines is 1. The number of rotatable bonds is 4. The molecule has 2 aromatic carbocycles. The standard InChI is InChI=1S/C29H30N2O7/c1-15-21(33)11-17-12-28(14-30-27(37)16-7-5-4-6-8-16)13-18-19(31(2)3)9-10-20(32)22(18)24(34)23(28)26(36)29(17,38)25(15)35/h4-10,17,32,34-35,38H,11-14H2,1-3H3,(H,30,37)/t17-,28-,29-/m1/s1. The molecular weight excluding hydrogens is 488 g/mol. The van der Waals surface area contributed by atoms with E-state index >= 15 is 0 Å². The topological polar surface area (TPSA) is 147 Å². The zero-order valence-corrected chi connectivity index (χ0v) is 21.4. The van der Waals surface area contributed by atoms with Gasteiger partial charge in [0.05, 0.1) is 5.56 Å². The van der Waals surface area contributed by atoms with Crippen LogP contribution in [0.1, 0.15) is 41.3 Å². The molecule has 9 nitrogen and oxygen atoms in total. The van der Waals surface area contributed by atoms with Crippen molar-refractivity contribution in [2.24, 2.45) is 11.3 Å². The second-order valence-electron chi connectivity index (χ2n) is 10.7. The van der Waals surface area contributed by atoms with E-state index in [1.165, 1.54) is 13.0 Å². The summed E-state index contributed by atoms with van der Waals surface area (Å²) in [4.78, 5) is 41.6. The Morgan fingerprint density at radius 3 is 2.42 bits per heavy atom. The van der Waals surface area contributed by atoms with Crippen LogP contribution < -0.4 is 10.2 Å². The van der Waals surface area contributed by atoms with E-state index in [-0.39, 0.29) is 60.0 Å². The second-order valence-corrected chi connectivity index (χ2v) is 10.7. The summed E-state index contributed by atoms with van der Waals surface area (Å²) in [5.41, 5.74) is -2.17. The van der Waals surface area contributed by atoms with Crippen molar-refractivity contribution < 1.29 is 34.8 Å². The minimum Gasteiger partial charge on any atom is -0.508 e. The highest BCUT2D eigenvalue weighted by molar-refractivity contribution is 6.14. The first-order valence-corrected chi connectivity index (χ1v) is 12.4. The summed E-state index contributed by atoms with van der Waals surface area (Å²) >= 11 is 0. The molecule has 0 bridgehead atoms. The summed E-state index contributed by atoms with van der Waals surface area (Å²) in [5.74, 6) is -4.16. The van der Waals surface area contributed by atoms with Gasteiger partial charge >= 0.3 is 0 Å². The van der Waals surface area contributed by atoms with Crippen LogP contribution >= 0.6 is 0 Å². The van der Waals surface area contributed by atoms with Crippen LogP contribution in [0.2, 0.25) is 0 Å². The van der Waals surface area contributed by atoms with Crippen LogP contribution in [0, 0.1) is 11.3 Å². The van der Waals surface area contributed by atoms with Gasteiger partial charge in [0, 0.05) is 60.8 Å². The fourth-order valence-electron chi connectivity index (χ4n) is 6.29. The van der Waals surface area contributed by atoms with Crippen molar-refractivity contribution in [3.05, 3.63) is 76.1 Å². The number of hydrogen-bond donors (Lipinski definition) is 5. The van der Waals surface area contributed by atoms with Crippen molar-refractivity contribution in [1.82, 2.24) is 5.32 Å². The molecule has 1 amide bonds. The molecule has 0 heterocycles. The van der Waals surface area contributed by atoms with Gasteiger partial charge in [-0.15, -0.1) is 0 Å². The number of nitrogens with zero attached hydrogens (tertiary/aromatic N) is 1. The minimum atomic E-state index is -2.40. The van der Waals surface area contributed by atoms with Gasteiger partial charge in [0.2, 0.25) is 5.78 Å². The first-order chi connectivity index (χ1) is 17.9. The zero-order valence-electron chi connectivity index (χ0n) is 21.4. The number of ketones is 2. The molecule has 5 rings (SSSR count). The van der Waals surface area contributed by atoms with Crippen molar-refractivity contribution in [2.75, 3.05) is 25.5 Å². The minimum absolute atomic E-state index is 0.0226. The van der Waals surface area contributed by atoms with E-state index in [0.29, 0.717) is 16.8 Å². The van der Waals surface area contributed by atoms with E-state index in [1.807, 2.05) is 19.0 Å². The lowest BCUT2D eigenvalue weighted by atomic mass is 9.52. The van der Waals surface area contributed by atoms with Gasteiger partial charge in [0.1, 0.15) is 17.3 Å². The summed E-state index contributed by atoms with van der Waals surface area (Å²) < 4.78 is 0. The van der Waals surface area contributed by atoms with Crippen molar-refractivity contribution >= 4 is 28.9 Å². The predicted molar refractivity (Wildman–Crippen MR) is 140 cm³/mol. The molecule has 0 spiro atoms. The highest BCUT2D eigenvalue weighted by Crippen LogP contribution is 2.58. The van der Waals surface area contributed by atoms with E-state index in [2.05, 4.69) is 5.32 Å². The highest BCUT2D eigenvalue weighted by Gasteiger charge is 2.64. The van der Waals surface area contributed by atoms with Crippen LogP contribution in [0.4, 0.5) is 5.69 Å². The number of allylic oxidation sites excluding steroid dienone is 1. The highest BCUT2D eigenvalue weighted by atomic mass is 16.3. The third-order valence-corrected chi connectivity index (χ3v) is 8.26. The Morgan fingerprint density at radius 1 is 1.08 bits per heavy atom. The van der Waals surface area contributed by atoms with Gasteiger partial charge in [0.25, 0.3) is 5.91 Å². The number of Topliss-reactive ketones (excluding diaryl/α,β-unsaturated/α-hetero) is 2. The van der Waals surface area contributed by atoms with Crippen LogP contribution in [-0.2, 0) is 16.0 Å². The second kappa shape index (κ2) is 8.73. The number of hydrogen-bond acceptors (Lipinski definition) is 8. The van der Waals surface area contributed by atoms with Crippen LogP contribution in [0.5, 0.6) is 5.75 Å². The number of aromatic hydroxyl groups is 1. The lowest BCUT2D eigenvalue weighted by Gasteiger charge is -2.52. The van der Waals surface area contributed by atoms with Gasteiger partial charge in [-0.1, -0.05) is 18.2 Å². The fraction of sp³-hybridized carbons (Fsp3) is 0.345. The lowest BCUT2D eigenvalue weighted by molar-refractivity contribution is -0.150. The average molecular weight is 519 g/mol. The fourth-order valence-corrected chi connectivity index (χ4v) is 6.29. The number of aliphatic hydroxyl groups excluding tert-OH is 2. The monoisotopic (exact) mass is 518 g/mol. The molecule has 0 aromatic heterocycles. The Bertz CT molecular complexity index is 1440. The summed E-state index contributed by atoms with van der Waals surface area (Å²) in [6.07, 6.45) is -0.0165. The van der Waals surface area contributed by atoms with Crippen molar-refractivity contribution in [1.29, 1.82) is 0 Å². The van der Waals surface area contributed by atoms with Crippen LogP contribution in [0.15, 0.2) is 59.4 Å². The van der Waals surface area contributed by atoms with E-state index in [4.69, 9.17) is 0 Å². The first kappa shape index (κ1) is 25.5. The average Bonchev–Trinajstić information content (AvgIpc) is 2.88. The van der Waals surface area contributed by atoms with E-state index in [9.17, 15) is 34.8 Å². The molecular formula is C29H30N2O7. The van der Waals surface area contributed by atoms with Gasteiger partial charge in [-0.2, -0.15) is 0 Å². The van der Waals surface area contributed by atoms with Crippen LogP contribution in [-0.4, -0.2) is 64.1 Å². The van der Waals surface area contributed by atoms with Crippen molar-refractivity contribution in [3.63, 3.8) is 0 Å². The number of phenolic OH excluding ortho intramolecular Hbond substituents is 1. The predicted octanol–water partition coefficient (Wildman–Crippen LogP) is 2.82. The van der Waals surface area contributed by atoms with Crippen molar-refractivity contribution in [2.45, 2.75) is 31.8 Å². The molecule has 198 valence electrons. The van der Waals surface area contributed by atoms with Crippen LogP contribution in [0.25, 0.3) is 5.76 Å². The maximum absolute atomic E-state index is 14.1. The smallest absolute Gasteiger partial charge is 0.251 e. The molecule has 1 saturated carbocycles. The maximum Gasteiger partial charge on any atom is 0.251 e. The van der Waals surface area contributed by atoms with Gasteiger partial charge < -0.3 is 30.6 Å². The Labute approximate surface area is 219 Å². The number of nitrogens with one attached hydrogen (secondary N) is 1. The Balaban J connectivity index is 1.70. The van der Waals surface area contributed by atoms with Crippen LogP contribution in [0.3, 0.4) is 0 Å². The molecule has 0 radical (unpaired) electrons. The third kappa shape index (κ3) is 3.53. The molecule has 1 fully saturated rings. The van der Waals surface area contributed by atoms with Gasteiger partial charge in [-0.3, -0.25) is 14.4 Å². The molecule has 0 saturated heterocycles. The lowest BCUT2D eigenvalue weighted by Crippen LogP contribution is -2.62. The zero-order chi connectivity index (χ0) is 27.6. The van der Waals surface area contributed by atoms with E-state index < -0.39 is 34.2 Å². The van der Waals surface area contributed by atoms with Crippen molar-refractivity contribution in [3.8, 4) is 5.75 Å². The number of carbonyl (C=O) groups excluding carboxylic acids is 3. The molecule has 3 aliphatic carbocycles. The molecule has 3 atom stereocenters. The summed E-state index contributed by atoms with van der Waals surface area (Å²) in [6, 6.07) is 11.6. The number of benzene rings is 2. The van der Waals surface area contributed by atoms with Gasteiger partial charge in [-0.05, 0) is 49.6 Å². The Morgan fingerprint density at radius 2 is 1.76 bits per heavy atom. The van der Waals surface area contributed by atoms with E-state index in [1.54, 1.807) is 36.4 Å². The van der Waals surface area contributed by atoms with Gasteiger partial charge in [0.15, 0.2) is 11.4 Å². The quantitative estimate of drug-likeness (QED) is 0.415. The molecule has 3 aliphatic rings. The molecule has 38 heavy (non-hydrogen) atoms. The Kier molecular flexibility index (Phi) is 5.87. The number of aliphatic hydroxyl groups is 3. The summed E-state index contributed by atoms with van der Waals surface area (Å²) in [7, 11) is 3.62. The number of fused-ring (bicyclic) bond motifs is 3. The normalized spacial score (nSPS) is 26.5. The summed E-state index contributed by atoms with van der Waals surface area (Å²) in [5, 5.41) is 47.6.